The van der Waals surface area contributed by atoms with Gasteiger partial charge < -0.3 is 39.4 Å². The van der Waals surface area contributed by atoms with E-state index in [9.17, 15) is 30.0 Å². The molecule has 4 N–H and O–H groups in total. The fraction of sp³-hybridized carbons (Fsp3) is 0.955. The quantitative estimate of drug-likeness (QED) is 0.0353. The van der Waals surface area contributed by atoms with Crippen LogP contribution in [-0.2, 0) is 28.5 Å². The van der Waals surface area contributed by atoms with Crippen LogP contribution in [0.15, 0.2) is 0 Å². The Hall–Kier alpha value is -1.30. The number of unbranched alkanes of at least 4 members (excludes halogenated alkanes) is 27. The van der Waals surface area contributed by atoms with Crippen LogP contribution in [-0.4, -0.2) is 89.0 Å². The average Bonchev–Trinajstić information content (AvgIpc) is 3.17. The number of carbonyl (C=O) groups excluding carboxylic acids is 2. The van der Waals surface area contributed by atoms with Crippen molar-refractivity contribution < 1.29 is 49.0 Å². The smallest absolute Gasteiger partial charge is 0.306 e. The highest BCUT2D eigenvalue weighted by atomic mass is 16.7. The summed E-state index contributed by atoms with van der Waals surface area (Å²) in [6.45, 7) is 3.45. The lowest BCUT2D eigenvalue weighted by Gasteiger charge is -2.39. The van der Waals surface area contributed by atoms with Gasteiger partial charge in [0, 0.05) is 12.8 Å². The summed E-state index contributed by atoms with van der Waals surface area (Å²) in [5.74, 6) is -0.791. The van der Waals surface area contributed by atoms with E-state index in [-0.39, 0.29) is 32.0 Å². The Balaban J connectivity index is 2.31. The van der Waals surface area contributed by atoms with Gasteiger partial charge in [-0.05, 0) is 12.8 Å². The first-order chi connectivity index (χ1) is 26.3. The molecule has 1 aliphatic rings. The second-order valence-electron chi connectivity index (χ2n) is 15.9. The number of carbonyl (C=O) groups is 2. The summed E-state index contributed by atoms with van der Waals surface area (Å²) in [6.07, 6.45) is 28.2. The minimum atomic E-state index is -1.59. The van der Waals surface area contributed by atoms with Crippen LogP contribution in [0.1, 0.15) is 213 Å². The molecule has 1 fully saturated rings. The molecule has 6 unspecified atom stereocenters. The SMILES string of the molecule is CCCCCCCCCCCCCCCCCC(=O)OC(COC(=O)CCCCCCCCCCCCCCCC)COC1OC(CO)C(O)C(O)C1O. The van der Waals surface area contributed by atoms with E-state index in [4.69, 9.17) is 18.9 Å². The predicted octanol–water partition coefficient (Wildman–Crippen LogP) is 9.39. The molecule has 10 nitrogen and oxygen atoms in total. The van der Waals surface area contributed by atoms with E-state index < -0.39 is 49.4 Å². The van der Waals surface area contributed by atoms with Gasteiger partial charge >= 0.3 is 11.9 Å². The summed E-state index contributed by atoms with van der Waals surface area (Å²) in [4.78, 5) is 25.3. The molecule has 0 aromatic rings. The Morgan fingerprint density at radius 3 is 1.26 bits per heavy atom. The van der Waals surface area contributed by atoms with Gasteiger partial charge in [0.05, 0.1) is 13.2 Å². The van der Waals surface area contributed by atoms with E-state index >= 15 is 0 Å². The number of ether oxygens (including phenoxy) is 4. The summed E-state index contributed by atoms with van der Waals surface area (Å²) >= 11 is 0. The minimum absolute atomic E-state index is 0.209. The van der Waals surface area contributed by atoms with Crippen LogP contribution in [0.5, 0.6) is 0 Å². The van der Waals surface area contributed by atoms with Crippen molar-refractivity contribution >= 4 is 11.9 Å². The zero-order valence-electron chi connectivity index (χ0n) is 34.7. The van der Waals surface area contributed by atoms with Gasteiger partial charge in [0.25, 0.3) is 0 Å². The first kappa shape index (κ1) is 50.7. The van der Waals surface area contributed by atoms with E-state index in [1.54, 1.807) is 0 Å². The summed E-state index contributed by atoms with van der Waals surface area (Å²) in [5.41, 5.74) is 0. The predicted molar refractivity (Wildman–Crippen MR) is 215 cm³/mol. The minimum Gasteiger partial charge on any atom is -0.462 e. The number of hydrogen-bond donors (Lipinski definition) is 4. The van der Waals surface area contributed by atoms with E-state index in [2.05, 4.69) is 13.8 Å². The molecule has 1 heterocycles. The van der Waals surface area contributed by atoms with Crippen molar-refractivity contribution in [1.29, 1.82) is 0 Å². The molecule has 0 aromatic heterocycles. The van der Waals surface area contributed by atoms with Crippen molar-refractivity contribution in [3.05, 3.63) is 0 Å². The van der Waals surface area contributed by atoms with Gasteiger partial charge in [-0.1, -0.05) is 187 Å². The largest absolute Gasteiger partial charge is 0.462 e. The van der Waals surface area contributed by atoms with Crippen LogP contribution in [0.2, 0.25) is 0 Å². The highest BCUT2D eigenvalue weighted by Crippen LogP contribution is 2.23. The zero-order chi connectivity index (χ0) is 39.5. The zero-order valence-corrected chi connectivity index (χ0v) is 34.7. The van der Waals surface area contributed by atoms with Crippen molar-refractivity contribution in [2.24, 2.45) is 0 Å². The first-order valence-corrected chi connectivity index (χ1v) is 22.6. The summed E-state index contributed by atoms with van der Waals surface area (Å²) in [7, 11) is 0. The summed E-state index contributed by atoms with van der Waals surface area (Å²) in [6, 6.07) is 0. The molecule has 320 valence electrons. The van der Waals surface area contributed by atoms with Crippen LogP contribution < -0.4 is 0 Å². The number of rotatable bonds is 38. The molecule has 0 saturated carbocycles. The van der Waals surface area contributed by atoms with E-state index in [1.165, 1.54) is 141 Å². The van der Waals surface area contributed by atoms with Crippen LogP contribution in [0, 0.1) is 0 Å². The van der Waals surface area contributed by atoms with Gasteiger partial charge in [0.15, 0.2) is 12.4 Å². The lowest BCUT2D eigenvalue weighted by Crippen LogP contribution is -2.59. The van der Waals surface area contributed by atoms with E-state index in [1.807, 2.05) is 0 Å². The van der Waals surface area contributed by atoms with Gasteiger partial charge in [-0.25, -0.2) is 0 Å². The molecule has 0 aromatic carbocycles. The number of aliphatic hydroxyl groups excluding tert-OH is 4. The monoisotopic (exact) mass is 773 g/mol. The van der Waals surface area contributed by atoms with Crippen molar-refractivity contribution in [2.45, 2.75) is 250 Å². The first-order valence-electron chi connectivity index (χ1n) is 22.6. The fourth-order valence-electron chi connectivity index (χ4n) is 7.13. The third-order valence-corrected chi connectivity index (χ3v) is 10.7. The molecule has 0 bridgehead atoms. The molecule has 1 aliphatic heterocycles. The lowest BCUT2D eigenvalue weighted by atomic mass is 9.99. The Morgan fingerprint density at radius 1 is 0.500 bits per heavy atom. The van der Waals surface area contributed by atoms with Gasteiger partial charge in [-0.3, -0.25) is 9.59 Å². The lowest BCUT2D eigenvalue weighted by molar-refractivity contribution is -0.305. The number of esters is 2. The van der Waals surface area contributed by atoms with Crippen LogP contribution in [0.4, 0.5) is 0 Å². The maximum Gasteiger partial charge on any atom is 0.306 e. The maximum atomic E-state index is 12.8. The van der Waals surface area contributed by atoms with Crippen LogP contribution in [0.3, 0.4) is 0 Å². The molecule has 54 heavy (non-hydrogen) atoms. The molecule has 0 amide bonds. The fourth-order valence-corrected chi connectivity index (χ4v) is 7.13. The molecule has 1 rings (SSSR count). The van der Waals surface area contributed by atoms with Gasteiger partial charge in [-0.2, -0.15) is 0 Å². The molecule has 0 aliphatic carbocycles. The Labute approximate surface area is 329 Å². The molecule has 6 atom stereocenters. The Kier molecular flexibility index (Phi) is 33.9. The van der Waals surface area contributed by atoms with Crippen molar-refractivity contribution in [3.8, 4) is 0 Å². The second-order valence-corrected chi connectivity index (χ2v) is 15.9. The Bertz CT molecular complexity index is 855. The number of hydrogen-bond acceptors (Lipinski definition) is 10. The van der Waals surface area contributed by atoms with E-state index in [0.29, 0.717) is 6.42 Å². The maximum absolute atomic E-state index is 12.8. The molecule has 0 radical (unpaired) electrons. The highest BCUT2D eigenvalue weighted by Gasteiger charge is 2.44. The molecular formula is C44H84O10. The van der Waals surface area contributed by atoms with Crippen LogP contribution in [0.25, 0.3) is 0 Å². The van der Waals surface area contributed by atoms with Gasteiger partial charge in [-0.15, -0.1) is 0 Å². The normalized spacial score (nSPS) is 20.6. The summed E-state index contributed by atoms with van der Waals surface area (Å²) in [5, 5.41) is 40.0. The third kappa shape index (κ3) is 27.3. The highest BCUT2D eigenvalue weighted by molar-refractivity contribution is 5.70. The van der Waals surface area contributed by atoms with Gasteiger partial charge in [0.1, 0.15) is 31.0 Å². The number of aliphatic hydroxyl groups is 4. The molecule has 1 saturated heterocycles. The van der Waals surface area contributed by atoms with Gasteiger partial charge in [0.2, 0.25) is 0 Å². The van der Waals surface area contributed by atoms with Crippen LogP contribution >= 0.6 is 0 Å². The van der Waals surface area contributed by atoms with E-state index in [0.717, 1.165) is 38.5 Å². The summed E-state index contributed by atoms with van der Waals surface area (Å²) < 4.78 is 22.2. The molecule has 0 spiro atoms. The molecular weight excluding hydrogens is 688 g/mol. The van der Waals surface area contributed by atoms with Crippen molar-refractivity contribution in [3.63, 3.8) is 0 Å². The standard InChI is InChI=1S/C44H84O10/c1-3-5-7-9-11-13-15-17-19-21-23-25-27-29-31-33-40(47)53-37(36-52-44-43(50)42(49)41(48)38(34-45)54-44)35-51-39(46)32-30-28-26-24-22-20-18-16-14-12-10-8-6-4-2/h37-38,41-45,48-50H,3-36H2,1-2H3. The third-order valence-electron chi connectivity index (χ3n) is 10.7. The van der Waals surface area contributed by atoms with Crippen molar-refractivity contribution in [2.75, 3.05) is 19.8 Å². The average molecular weight is 773 g/mol. The molecule has 10 heteroatoms. The van der Waals surface area contributed by atoms with Crippen molar-refractivity contribution in [1.82, 2.24) is 0 Å². The topological polar surface area (TPSA) is 152 Å². The Morgan fingerprint density at radius 2 is 0.870 bits per heavy atom. The second kappa shape index (κ2) is 36.1.